The number of aromatic nitrogens is 2. The molecule has 5 nitrogen and oxygen atoms in total. The molecule has 0 amide bonds. The van der Waals surface area contributed by atoms with E-state index < -0.39 is 12.0 Å². The van der Waals surface area contributed by atoms with Crippen molar-refractivity contribution in [2.75, 3.05) is 0 Å². The number of nitrogens with two attached hydrogens (primary N) is 1. The van der Waals surface area contributed by atoms with Crippen molar-refractivity contribution in [3.63, 3.8) is 0 Å². The van der Waals surface area contributed by atoms with Gasteiger partial charge in [-0.15, -0.1) is 0 Å². The Kier molecular flexibility index (Phi) is 5.06. The normalized spacial score (nSPS) is 11.8. The number of nitrogens with zero attached hydrogens (tertiary/aromatic N) is 1. The van der Waals surface area contributed by atoms with Crippen molar-refractivity contribution in [2.45, 2.75) is 12.5 Å². The van der Waals surface area contributed by atoms with E-state index in [1.165, 1.54) is 6.33 Å². The number of aliphatic carboxylic acids is 1. The van der Waals surface area contributed by atoms with Crippen LogP contribution in [-0.2, 0) is 11.2 Å². The van der Waals surface area contributed by atoms with E-state index in [0.29, 0.717) is 0 Å². The first-order valence-electron chi connectivity index (χ1n) is 3.16. The fourth-order valence-electron chi connectivity index (χ4n) is 0.721. The van der Waals surface area contributed by atoms with Crippen molar-refractivity contribution in [3.05, 3.63) is 18.2 Å². The number of nitrogens with one attached hydrogen (secondary N) is 1. The second-order valence-electron chi connectivity index (χ2n) is 2.23. The summed E-state index contributed by atoms with van der Waals surface area (Å²) in [7, 11) is 0. The van der Waals surface area contributed by atoms with Gasteiger partial charge in [0.1, 0.15) is 6.04 Å². The molecule has 66 valence electrons. The number of imidazole rings is 1. The van der Waals surface area contributed by atoms with Gasteiger partial charge in [0.25, 0.3) is 0 Å². The minimum absolute atomic E-state index is 0. The number of hydrogen-bond donors (Lipinski definition) is 3. The second kappa shape index (κ2) is 5.25. The summed E-state index contributed by atoms with van der Waals surface area (Å²) in [5.74, 6) is -1.00. The Labute approximate surface area is 89.5 Å². The Morgan fingerprint density at radius 3 is 2.92 bits per heavy atom. The van der Waals surface area contributed by atoms with Crippen LogP contribution in [-0.4, -0.2) is 54.4 Å². The number of aromatic amines is 1. The number of carboxylic acids is 1. The maximum atomic E-state index is 10.3. The monoisotopic (exact) mass is 365 g/mol. The van der Waals surface area contributed by atoms with Crippen LogP contribution in [0.25, 0.3) is 0 Å². The predicted molar refractivity (Wildman–Crippen MR) is 46.4 cm³/mol. The van der Waals surface area contributed by atoms with Crippen molar-refractivity contribution >= 4 is 33.3 Å². The molecular formula is C6H11N3O2Pb. The number of carbonyl (C=O) groups is 1. The summed E-state index contributed by atoms with van der Waals surface area (Å²) in [6.45, 7) is 0. The molecule has 0 spiro atoms. The van der Waals surface area contributed by atoms with Gasteiger partial charge in [0, 0.05) is 18.3 Å². The molecule has 0 saturated heterocycles. The third-order valence-corrected chi connectivity index (χ3v) is 1.31. The van der Waals surface area contributed by atoms with Gasteiger partial charge in [-0.1, -0.05) is 0 Å². The summed E-state index contributed by atoms with van der Waals surface area (Å²) < 4.78 is 0. The van der Waals surface area contributed by atoms with Gasteiger partial charge in [-0.25, -0.2) is 4.98 Å². The van der Waals surface area contributed by atoms with Crippen molar-refractivity contribution in [2.24, 2.45) is 5.73 Å². The first-order valence-corrected chi connectivity index (χ1v) is 3.16. The van der Waals surface area contributed by atoms with Crippen LogP contribution in [0.4, 0.5) is 0 Å². The summed E-state index contributed by atoms with van der Waals surface area (Å²) in [4.78, 5) is 16.8. The molecule has 12 heavy (non-hydrogen) atoms. The second-order valence-corrected chi connectivity index (χ2v) is 2.23. The number of hydrogen-bond acceptors (Lipinski definition) is 3. The van der Waals surface area contributed by atoms with E-state index in [1.807, 2.05) is 0 Å². The van der Waals surface area contributed by atoms with Crippen molar-refractivity contribution in [3.8, 4) is 0 Å². The van der Waals surface area contributed by atoms with E-state index in [1.54, 1.807) is 6.20 Å². The maximum absolute atomic E-state index is 10.3. The SMILES string of the molecule is N[C@@H](Cc1cnc[nH]1)C(=O)O.[PbH2]. The fraction of sp³-hybridized carbons (Fsp3) is 0.333. The topological polar surface area (TPSA) is 92.0 Å². The van der Waals surface area contributed by atoms with Gasteiger partial charge in [-0.3, -0.25) is 4.79 Å². The van der Waals surface area contributed by atoms with Gasteiger partial charge in [0.05, 0.1) is 6.33 Å². The molecule has 0 aromatic carbocycles. The molecule has 1 heterocycles. The van der Waals surface area contributed by atoms with E-state index in [4.69, 9.17) is 10.8 Å². The Morgan fingerprint density at radius 1 is 1.83 bits per heavy atom. The molecule has 0 unspecified atom stereocenters. The molecule has 4 N–H and O–H groups in total. The average molecular weight is 364 g/mol. The molecule has 0 aliphatic carbocycles. The van der Waals surface area contributed by atoms with Crippen LogP contribution >= 0.6 is 0 Å². The molecule has 1 aromatic heterocycles. The summed E-state index contributed by atoms with van der Waals surface area (Å²) in [5, 5.41) is 8.42. The molecule has 0 bridgehead atoms. The van der Waals surface area contributed by atoms with Gasteiger partial charge in [0.2, 0.25) is 0 Å². The Morgan fingerprint density at radius 2 is 2.50 bits per heavy atom. The van der Waals surface area contributed by atoms with Crippen molar-refractivity contribution in [1.82, 2.24) is 9.97 Å². The van der Waals surface area contributed by atoms with Crippen LogP contribution in [0.15, 0.2) is 12.5 Å². The van der Waals surface area contributed by atoms with Crippen LogP contribution in [0.2, 0.25) is 0 Å². The molecule has 0 saturated carbocycles. The zero-order chi connectivity index (χ0) is 8.27. The standard InChI is InChI=1S/C6H9N3O2.Pb.2H/c7-5(6(10)11)1-4-2-8-3-9-4;;;/h2-3,5H,1,7H2,(H,8,9)(H,10,11);;;/t5-;;;/m0.../s1. The number of carboxylic acid groups (broad SMARTS) is 1. The van der Waals surface area contributed by atoms with E-state index in [2.05, 4.69) is 9.97 Å². The first-order chi connectivity index (χ1) is 5.20. The van der Waals surface area contributed by atoms with Gasteiger partial charge in [-0.05, 0) is 0 Å². The molecule has 0 aliphatic heterocycles. The van der Waals surface area contributed by atoms with Gasteiger partial charge in [-0.2, -0.15) is 0 Å². The van der Waals surface area contributed by atoms with Crippen LogP contribution < -0.4 is 5.73 Å². The summed E-state index contributed by atoms with van der Waals surface area (Å²) in [5.41, 5.74) is 6.00. The minimum atomic E-state index is -1.00. The molecule has 1 atom stereocenters. The van der Waals surface area contributed by atoms with Crippen LogP contribution in [0, 0.1) is 0 Å². The molecule has 1 aromatic rings. The zero-order valence-corrected chi connectivity index (χ0v) is 12.0. The van der Waals surface area contributed by atoms with Gasteiger partial charge < -0.3 is 15.8 Å². The van der Waals surface area contributed by atoms with Gasteiger partial charge in [0.15, 0.2) is 0 Å². The molecule has 6 heteroatoms. The molecule has 0 fully saturated rings. The Balaban J connectivity index is 0.00000121. The van der Waals surface area contributed by atoms with E-state index >= 15 is 0 Å². The summed E-state index contributed by atoms with van der Waals surface area (Å²) >= 11 is 0. The predicted octanol–water partition coefficient (Wildman–Crippen LogP) is -1.55. The van der Waals surface area contributed by atoms with Gasteiger partial charge >= 0.3 is 33.3 Å². The van der Waals surface area contributed by atoms with Crippen LogP contribution in [0.3, 0.4) is 0 Å². The van der Waals surface area contributed by atoms with Crippen molar-refractivity contribution < 1.29 is 9.90 Å². The van der Waals surface area contributed by atoms with E-state index in [0.717, 1.165) is 5.69 Å². The Hall–Kier alpha value is -0.438. The summed E-state index contributed by atoms with van der Waals surface area (Å²) in [6, 6.07) is -0.851. The Bertz CT molecular complexity index is 237. The third-order valence-electron chi connectivity index (χ3n) is 1.31. The quantitative estimate of drug-likeness (QED) is 0.566. The number of rotatable bonds is 3. The number of H-pyrrole nitrogens is 1. The zero-order valence-electron chi connectivity index (χ0n) is 6.53. The molecule has 0 aliphatic rings. The molecular weight excluding hydrogens is 353 g/mol. The third kappa shape index (κ3) is 3.31. The van der Waals surface area contributed by atoms with Crippen LogP contribution in [0.5, 0.6) is 0 Å². The first kappa shape index (κ1) is 11.6. The fourth-order valence-corrected chi connectivity index (χ4v) is 0.721. The van der Waals surface area contributed by atoms with E-state index in [9.17, 15) is 4.79 Å². The van der Waals surface area contributed by atoms with Crippen LogP contribution in [0.1, 0.15) is 5.69 Å². The molecule has 1 rings (SSSR count). The average Bonchev–Trinajstić information content (AvgIpc) is 2.39. The van der Waals surface area contributed by atoms with E-state index in [-0.39, 0.29) is 33.7 Å². The van der Waals surface area contributed by atoms with Crippen molar-refractivity contribution in [1.29, 1.82) is 0 Å². The summed E-state index contributed by atoms with van der Waals surface area (Å²) in [6.07, 6.45) is 3.34. The molecule has 2 radical (unpaired) electrons.